The second-order valence-corrected chi connectivity index (χ2v) is 21.2. The number of likely N-dealkylation sites (N-methyl/N-ethyl adjacent to an activating group) is 1. The number of fused-ring (bicyclic) bond motifs is 7. The number of aromatic nitrogens is 2. The summed E-state index contributed by atoms with van der Waals surface area (Å²) in [7, 11) is 4.25. The second-order valence-electron chi connectivity index (χ2n) is 21.2. The van der Waals surface area contributed by atoms with Gasteiger partial charge in [0.2, 0.25) is 0 Å². The molecule has 0 spiro atoms. The number of allylic oxidation sites excluding steroid dienone is 2. The molecule has 0 bridgehead atoms. The Bertz CT molecular complexity index is 1650. The summed E-state index contributed by atoms with van der Waals surface area (Å²) in [6.45, 7) is 23.6. The number of carbonyl (C=O) groups is 3. The van der Waals surface area contributed by atoms with Crippen LogP contribution in [-0.4, -0.2) is 82.4 Å². The van der Waals surface area contributed by atoms with Gasteiger partial charge in [0.25, 0.3) is 0 Å². The van der Waals surface area contributed by atoms with Gasteiger partial charge in [-0.2, -0.15) is 0 Å². The smallest absolute Gasteiger partial charge is 0.309 e. The number of ether oxygens (including phenoxy) is 1. The Morgan fingerprint density at radius 2 is 1.60 bits per heavy atom. The molecular weight excluding hydrogens is 689 g/mol. The van der Waals surface area contributed by atoms with Gasteiger partial charge in [-0.05, 0) is 144 Å². The third-order valence-electron chi connectivity index (χ3n) is 16.7. The van der Waals surface area contributed by atoms with Gasteiger partial charge >= 0.3 is 11.9 Å². The van der Waals surface area contributed by atoms with Gasteiger partial charge in [0.05, 0.1) is 18.4 Å². The predicted octanol–water partition coefficient (Wildman–Crippen LogP) is 8.62. The highest BCUT2D eigenvalue weighted by Gasteiger charge is 2.70. The van der Waals surface area contributed by atoms with Gasteiger partial charge in [-0.15, -0.1) is 0 Å². The summed E-state index contributed by atoms with van der Waals surface area (Å²) in [5.74, 6) is 1.43. The number of hydrogen-bond donors (Lipinski definition) is 1. The lowest BCUT2D eigenvalue weighted by molar-refractivity contribution is -0.233. The molecule has 306 valence electrons. The molecule has 55 heavy (non-hydrogen) atoms. The van der Waals surface area contributed by atoms with Crippen molar-refractivity contribution in [1.82, 2.24) is 19.8 Å². The van der Waals surface area contributed by atoms with E-state index in [-0.39, 0.29) is 45.5 Å². The number of ketones is 1. The minimum absolute atomic E-state index is 0.0851. The van der Waals surface area contributed by atoms with Crippen LogP contribution in [0.5, 0.6) is 0 Å². The average Bonchev–Trinajstić information content (AvgIpc) is 3.40. The van der Waals surface area contributed by atoms with E-state index in [9.17, 15) is 19.5 Å². The Labute approximate surface area is 331 Å². The number of carbonyl (C=O) groups excluding carboxylic acids is 2. The molecule has 2 unspecified atom stereocenters. The van der Waals surface area contributed by atoms with Crippen LogP contribution in [0.4, 0.5) is 0 Å². The maximum Gasteiger partial charge on any atom is 0.309 e. The Hall–Kier alpha value is -2.65. The minimum atomic E-state index is -1.15. The Morgan fingerprint density at radius 3 is 2.24 bits per heavy atom. The molecule has 0 amide bonds. The van der Waals surface area contributed by atoms with Crippen LogP contribution in [0.1, 0.15) is 139 Å². The maximum absolute atomic E-state index is 14.2. The molecule has 0 saturated heterocycles. The van der Waals surface area contributed by atoms with E-state index >= 15 is 0 Å². The zero-order valence-electron chi connectivity index (χ0n) is 36.1. The highest BCUT2D eigenvalue weighted by Crippen LogP contribution is 2.77. The van der Waals surface area contributed by atoms with Crippen molar-refractivity contribution in [3.63, 3.8) is 0 Å². The topological polar surface area (TPSA) is 113 Å². The van der Waals surface area contributed by atoms with Crippen molar-refractivity contribution in [3.8, 4) is 0 Å². The largest absolute Gasteiger partial charge is 0.481 e. The second kappa shape index (κ2) is 14.9. The van der Waals surface area contributed by atoms with Crippen LogP contribution in [0.2, 0.25) is 0 Å². The van der Waals surface area contributed by atoms with E-state index in [0.29, 0.717) is 36.5 Å². The molecule has 5 aliphatic carbocycles. The van der Waals surface area contributed by atoms with Crippen LogP contribution < -0.4 is 0 Å². The first-order valence-electron chi connectivity index (χ1n) is 21.4. The van der Waals surface area contributed by atoms with Gasteiger partial charge in [0, 0.05) is 42.7 Å². The summed E-state index contributed by atoms with van der Waals surface area (Å²) in [5, 5.41) is 9.64. The molecule has 9 nitrogen and oxygen atoms in total. The highest BCUT2D eigenvalue weighted by atomic mass is 16.5. The Morgan fingerprint density at radius 1 is 0.909 bits per heavy atom. The van der Waals surface area contributed by atoms with Gasteiger partial charge < -0.3 is 14.7 Å². The fraction of sp³-hybridized carbons (Fsp3) is 0.804. The number of nitrogens with zero attached hydrogens (tertiary/aromatic N) is 4. The molecule has 0 aromatic carbocycles. The average molecular weight is 761 g/mol. The molecule has 0 radical (unpaired) electrons. The summed E-state index contributed by atoms with van der Waals surface area (Å²) in [4.78, 5) is 53.1. The number of rotatable bonds is 13. The molecular formula is C46H72N4O5. The molecule has 1 aromatic rings. The van der Waals surface area contributed by atoms with Gasteiger partial charge in [0.15, 0.2) is 5.78 Å². The van der Waals surface area contributed by atoms with E-state index in [1.807, 2.05) is 18.5 Å². The standard InChI is InChI=1S/C46H72N4O5/c1-30(2)38-32(51)27-46(21-24-50(26-25-49(10)11)29-36-47-22-12-23-48-36)20-19-44(8)31(39(38)46)13-14-34-43(7)17-16-35(55-37(52)28-41(3,4)40(53)54)42(5,6)33(43)15-18-45(34,44)9/h12,22-23,30-31,33-35H,13-21,24-29H2,1-11H3,(H,53,54)/t31?,33-,34+,35-,43-,44+,45+,46?/m0/s1. The third-order valence-corrected chi connectivity index (χ3v) is 16.7. The van der Waals surface area contributed by atoms with E-state index in [1.165, 1.54) is 5.57 Å². The lowest BCUT2D eigenvalue weighted by atomic mass is 9.33. The highest BCUT2D eigenvalue weighted by molar-refractivity contribution is 6.00. The lowest BCUT2D eigenvalue weighted by Crippen LogP contribution is -2.65. The van der Waals surface area contributed by atoms with Crippen LogP contribution >= 0.6 is 0 Å². The minimum Gasteiger partial charge on any atom is -0.481 e. The van der Waals surface area contributed by atoms with Crippen LogP contribution in [0.3, 0.4) is 0 Å². The monoisotopic (exact) mass is 761 g/mol. The summed E-state index contributed by atoms with van der Waals surface area (Å²) >= 11 is 0. The van der Waals surface area contributed by atoms with E-state index < -0.39 is 17.4 Å². The molecule has 5 aliphatic rings. The number of Topliss-reactive ketones (excluding diaryl/α,β-unsaturated/α-hetero) is 1. The molecule has 1 heterocycles. The van der Waals surface area contributed by atoms with Gasteiger partial charge in [0.1, 0.15) is 11.9 Å². The third kappa shape index (κ3) is 7.25. The maximum atomic E-state index is 14.2. The molecule has 1 N–H and O–H groups in total. The summed E-state index contributed by atoms with van der Waals surface area (Å²) in [6.07, 6.45) is 13.5. The van der Waals surface area contributed by atoms with Crippen LogP contribution in [0.15, 0.2) is 29.6 Å². The number of carboxylic acid groups (broad SMARTS) is 1. The Kier molecular flexibility index (Phi) is 11.4. The first kappa shape index (κ1) is 42.0. The van der Waals surface area contributed by atoms with Gasteiger partial charge in [-0.1, -0.05) is 54.0 Å². The van der Waals surface area contributed by atoms with Gasteiger partial charge in [-0.25, -0.2) is 9.97 Å². The number of hydrogen-bond acceptors (Lipinski definition) is 8. The number of esters is 1. The zero-order chi connectivity index (χ0) is 40.4. The SMILES string of the molecule is CC(C)C1=C2C3CC[C@@H]4[C@@]5(C)CC[C@H](OC(=O)CC(C)(C)C(=O)O)C(C)(C)[C@@H]5CC[C@@]4(C)[C@]3(C)CCC2(CCN(CCN(C)C)Cc2ncccn2)CC1=O. The van der Waals surface area contributed by atoms with Crippen molar-refractivity contribution in [2.24, 2.45) is 56.2 Å². The molecule has 6 rings (SSSR count). The lowest BCUT2D eigenvalue weighted by Gasteiger charge is -2.72. The number of carboxylic acids is 1. The van der Waals surface area contributed by atoms with Crippen molar-refractivity contribution in [2.75, 3.05) is 33.7 Å². The van der Waals surface area contributed by atoms with Crippen molar-refractivity contribution in [1.29, 1.82) is 0 Å². The molecule has 8 atom stereocenters. The van der Waals surface area contributed by atoms with E-state index in [1.54, 1.807) is 13.8 Å². The molecule has 9 heteroatoms. The first-order valence-corrected chi connectivity index (χ1v) is 21.4. The van der Waals surface area contributed by atoms with E-state index in [4.69, 9.17) is 4.74 Å². The molecule has 4 fully saturated rings. The summed E-state index contributed by atoms with van der Waals surface area (Å²) < 4.78 is 6.20. The normalized spacial score (nSPS) is 35.7. The van der Waals surface area contributed by atoms with Gasteiger partial charge in [-0.3, -0.25) is 19.3 Å². The Balaban J connectivity index is 1.26. The van der Waals surface area contributed by atoms with Crippen molar-refractivity contribution in [3.05, 3.63) is 35.4 Å². The predicted molar refractivity (Wildman–Crippen MR) is 216 cm³/mol. The van der Waals surface area contributed by atoms with Crippen LogP contribution in [0.25, 0.3) is 0 Å². The summed E-state index contributed by atoms with van der Waals surface area (Å²) in [6, 6.07) is 1.87. The van der Waals surface area contributed by atoms with Crippen LogP contribution in [0, 0.1) is 56.2 Å². The molecule has 4 saturated carbocycles. The first-order chi connectivity index (χ1) is 25.6. The zero-order valence-corrected chi connectivity index (χ0v) is 36.1. The van der Waals surface area contributed by atoms with Crippen molar-refractivity contribution in [2.45, 2.75) is 146 Å². The fourth-order valence-electron chi connectivity index (χ4n) is 13.5. The van der Waals surface area contributed by atoms with E-state index in [0.717, 1.165) is 88.8 Å². The summed E-state index contributed by atoms with van der Waals surface area (Å²) in [5.41, 5.74) is 1.56. The number of aliphatic carboxylic acids is 1. The van der Waals surface area contributed by atoms with Crippen LogP contribution in [-0.2, 0) is 25.7 Å². The quantitative estimate of drug-likeness (QED) is 0.198. The molecule has 1 aromatic heterocycles. The van der Waals surface area contributed by atoms with Crippen molar-refractivity contribution < 1.29 is 24.2 Å². The van der Waals surface area contributed by atoms with E-state index in [2.05, 4.69) is 82.3 Å². The van der Waals surface area contributed by atoms with Crippen molar-refractivity contribution >= 4 is 17.7 Å². The fourth-order valence-corrected chi connectivity index (χ4v) is 13.5. The molecule has 0 aliphatic heterocycles.